The molecule has 54 heavy (non-hydrogen) atoms. The smallest absolute Gasteiger partial charge is 0.305 e. The SMILES string of the molecule is CCCCCC(CCCCC)CCCCCCCCCC(CCCCCCCC(=O)OCCC(CCCCC)CCCCC)CCCCCN1CCCC1. The molecule has 1 unspecified atom stereocenters. The van der Waals surface area contributed by atoms with Crippen LogP contribution in [0, 0.1) is 17.8 Å². The van der Waals surface area contributed by atoms with Crippen molar-refractivity contribution in [3.05, 3.63) is 0 Å². The highest BCUT2D eigenvalue weighted by Crippen LogP contribution is 2.27. The van der Waals surface area contributed by atoms with Crippen molar-refractivity contribution >= 4 is 5.97 Å². The van der Waals surface area contributed by atoms with Gasteiger partial charge in [0.15, 0.2) is 0 Å². The van der Waals surface area contributed by atoms with Gasteiger partial charge in [-0.1, -0.05) is 240 Å². The fraction of sp³-hybridized carbons (Fsp3) is 0.980. The zero-order valence-electron chi connectivity index (χ0n) is 37.9. The Labute approximate surface area is 341 Å². The second-order valence-corrected chi connectivity index (χ2v) is 18.3. The summed E-state index contributed by atoms with van der Waals surface area (Å²) in [6, 6.07) is 0. The third-order valence-electron chi connectivity index (χ3n) is 13.2. The van der Waals surface area contributed by atoms with Crippen LogP contribution in [0.15, 0.2) is 0 Å². The standard InChI is InChI=1S/C51H101NO2/c1-5-9-22-34-48(35-23-10-6-2)38-26-17-14-13-15-18-27-39-49(41-29-21-31-44-52-45-32-33-46-52)40-28-19-16-20-30-42-51(53)54-47-43-50(36-24-11-7-3)37-25-12-8-4/h48-50H,5-47H2,1-4H3. The summed E-state index contributed by atoms with van der Waals surface area (Å²) in [5.74, 6) is 2.74. The van der Waals surface area contributed by atoms with Crippen LogP contribution in [0.5, 0.6) is 0 Å². The molecule has 3 nitrogen and oxygen atoms in total. The van der Waals surface area contributed by atoms with Crippen molar-refractivity contribution in [2.24, 2.45) is 17.8 Å². The highest BCUT2D eigenvalue weighted by molar-refractivity contribution is 5.69. The molecule has 322 valence electrons. The van der Waals surface area contributed by atoms with E-state index in [-0.39, 0.29) is 5.97 Å². The van der Waals surface area contributed by atoms with Crippen LogP contribution in [0.25, 0.3) is 0 Å². The van der Waals surface area contributed by atoms with Crippen LogP contribution in [0.1, 0.15) is 278 Å². The minimum absolute atomic E-state index is 0.0462. The van der Waals surface area contributed by atoms with Crippen molar-refractivity contribution in [2.45, 2.75) is 278 Å². The highest BCUT2D eigenvalue weighted by atomic mass is 16.5. The number of nitrogens with zero attached hydrogens (tertiary/aromatic N) is 1. The van der Waals surface area contributed by atoms with Crippen LogP contribution in [0.2, 0.25) is 0 Å². The van der Waals surface area contributed by atoms with Gasteiger partial charge < -0.3 is 9.64 Å². The molecule has 1 atom stereocenters. The van der Waals surface area contributed by atoms with Crippen molar-refractivity contribution in [1.29, 1.82) is 0 Å². The zero-order chi connectivity index (χ0) is 39.0. The van der Waals surface area contributed by atoms with Crippen molar-refractivity contribution < 1.29 is 9.53 Å². The maximum atomic E-state index is 12.4. The summed E-state index contributed by atoms with van der Waals surface area (Å²) >= 11 is 0. The number of carbonyl (C=O) groups excluding carboxylic acids is 1. The predicted molar refractivity (Wildman–Crippen MR) is 241 cm³/mol. The Bertz CT molecular complexity index is 728. The van der Waals surface area contributed by atoms with Crippen LogP contribution >= 0.6 is 0 Å². The fourth-order valence-electron chi connectivity index (χ4n) is 9.38. The van der Waals surface area contributed by atoms with E-state index in [0.717, 1.165) is 30.6 Å². The normalized spacial score (nSPS) is 14.2. The van der Waals surface area contributed by atoms with E-state index in [9.17, 15) is 4.79 Å². The van der Waals surface area contributed by atoms with Crippen molar-refractivity contribution in [2.75, 3.05) is 26.2 Å². The summed E-state index contributed by atoms with van der Waals surface area (Å²) in [6.07, 6.45) is 53.2. The molecule has 0 spiro atoms. The van der Waals surface area contributed by atoms with Gasteiger partial charge in [0.25, 0.3) is 0 Å². The zero-order valence-corrected chi connectivity index (χ0v) is 37.9. The van der Waals surface area contributed by atoms with Gasteiger partial charge in [-0.2, -0.15) is 0 Å². The number of esters is 1. The Morgan fingerprint density at radius 3 is 1.11 bits per heavy atom. The van der Waals surface area contributed by atoms with E-state index in [1.165, 1.54) is 251 Å². The van der Waals surface area contributed by atoms with Gasteiger partial charge >= 0.3 is 5.97 Å². The summed E-state index contributed by atoms with van der Waals surface area (Å²) in [5.41, 5.74) is 0. The van der Waals surface area contributed by atoms with Gasteiger partial charge in [-0.3, -0.25) is 4.79 Å². The fourth-order valence-corrected chi connectivity index (χ4v) is 9.38. The third kappa shape index (κ3) is 33.6. The summed E-state index contributed by atoms with van der Waals surface area (Å²) in [6.45, 7) is 13.9. The first-order chi connectivity index (χ1) is 26.6. The van der Waals surface area contributed by atoms with Gasteiger partial charge in [0, 0.05) is 6.42 Å². The van der Waals surface area contributed by atoms with Crippen molar-refractivity contribution in [3.63, 3.8) is 0 Å². The van der Waals surface area contributed by atoms with Crippen LogP contribution < -0.4 is 0 Å². The lowest BCUT2D eigenvalue weighted by Gasteiger charge is -2.18. The van der Waals surface area contributed by atoms with E-state index < -0.39 is 0 Å². The Balaban J connectivity index is 2.23. The molecule has 1 heterocycles. The monoisotopic (exact) mass is 760 g/mol. The van der Waals surface area contributed by atoms with Gasteiger partial charge in [0.2, 0.25) is 0 Å². The number of hydrogen-bond acceptors (Lipinski definition) is 3. The molecule has 0 radical (unpaired) electrons. The lowest BCUT2D eigenvalue weighted by molar-refractivity contribution is -0.144. The molecule has 1 rings (SSSR count). The molecule has 0 aromatic heterocycles. The topological polar surface area (TPSA) is 29.5 Å². The molecule has 0 aromatic rings. The average molecular weight is 760 g/mol. The van der Waals surface area contributed by atoms with Gasteiger partial charge in [0.05, 0.1) is 6.61 Å². The first-order valence-electron chi connectivity index (χ1n) is 25.5. The molecule has 1 saturated heterocycles. The minimum atomic E-state index is 0.0462. The van der Waals surface area contributed by atoms with E-state index in [0.29, 0.717) is 13.0 Å². The number of rotatable bonds is 43. The molecule has 0 bridgehead atoms. The molecular formula is C51H101NO2. The summed E-state index contributed by atoms with van der Waals surface area (Å²) in [4.78, 5) is 15.1. The number of ether oxygens (including phenoxy) is 1. The van der Waals surface area contributed by atoms with E-state index in [1.54, 1.807) is 0 Å². The largest absolute Gasteiger partial charge is 0.466 e. The van der Waals surface area contributed by atoms with Gasteiger partial charge in [-0.25, -0.2) is 0 Å². The number of carbonyl (C=O) groups is 1. The maximum absolute atomic E-state index is 12.4. The molecule has 0 aliphatic carbocycles. The maximum Gasteiger partial charge on any atom is 0.305 e. The average Bonchev–Trinajstić information content (AvgIpc) is 3.70. The molecule has 1 fully saturated rings. The number of likely N-dealkylation sites (tertiary alicyclic amines) is 1. The van der Waals surface area contributed by atoms with E-state index in [2.05, 4.69) is 32.6 Å². The predicted octanol–water partition coefficient (Wildman–Crippen LogP) is 17.0. The van der Waals surface area contributed by atoms with Gasteiger partial charge in [0.1, 0.15) is 0 Å². The molecule has 3 heteroatoms. The molecule has 0 aromatic carbocycles. The molecule has 0 N–H and O–H groups in total. The van der Waals surface area contributed by atoms with E-state index in [4.69, 9.17) is 4.74 Å². The second kappa shape index (κ2) is 40.6. The first kappa shape index (κ1) is 51.4. The first-order valence-corrected chi connectivity index (χ1v) is 25.5. The second-order valence-electron chi connectivity index (χ2n) is 18.3. The molecular weight excluding hydrogens is 659 g/mol. The Hall–Kier alpha value is -0.570. The molecule has 0 saturated carbocycles. The Morgan fingerprint density at radius 1 is 0.407 bits per heavy atom. The highest BCUT2D eigenvalue weighted by Gasteiger charge is 2.14. The van der Waals surface area contributed by atoms with Crippen LogP contribution in [0.3, 0.4) is 0 Å². The molecule has 1 aliphatic heterocycles. The van der Waals surface area contributed by atoms with E-state index in [1.807, 2.05) is 0 Å². The lowest BCUT2D eigenvalue weighted by atomic mass is 9.89. The van der Waals surface area contributed by atoms with Crippen molar-refractivity contribution in [1.82, 2.24) is 4.90 Å². The minimum Gasteiger partial charge on any atom is -0.466 e. The van der Waals surface area contributed by atoms with Crippen LogP contribution in [-0.4, -0.2) is 37.1 Å². The molecule has 1 aliphatic rings. The van der Waals surface area contributed by atoms with Gasteiger partial charge in [-0.05, 0) is 69.5 Å². The van der Waals surface area contributed by atoms with Crippen LogP contribution in [-0.2, 0) is 9.53 Å². The van der Waals surface area contributed by atoms with Crippen LogP contribution in [0.4, 0.5) is 0 Å². The van der Waals surface area contributed by atoms with Gasteiger partial charge in [-0.15, -0.1) is 0 Å². The third-order valence-corrected chi connectivity index (χ3v) is 13.2. The lowest BCUT2D eigenvalue weighted by Crippen LogP contribution is -2.20. The summed E-state index contributed by atoms with van der Waals surface area (Å²) < 4.78 is 5.70. The van der Waals surface area contributed by atoms with Crippen molar-refractivity contribution in [3.8, 4) is 0 Å². The summed E-state index contributed by atoms with van der Waals surface area (Å²) in [7, 11) is 0. The molecule has 0 amide bonds. The number of unbranched alkanes of at least 4 members (excludes halogenated alkanes) is 20. The Kier molecular flexibility index (Phi) is 38.7. The quantitative estimate of drug-likeness (QED) is 0.0458. The number of hydrogen-bond donors (Lipinski definition) is 0. The summed E-state index contributed by atoms with van der Waals surface area (Å²) in [5, 5.41) is 0. The Morgan fingerprint density at radius 2 is 0.722 bits per heavy atom. The van der Waals surface area contributed by atoms with E-state index >= 15 is 0 Å².